The molecule has 4 heteroatoms. The van der Waals surface area contributed by atoms with Gasteiger partial charge in [-0.2, -0.15) is 5.26 Å². The van der Waals surface area contributed by atoms with Crippen molar-refractivity contribution in [3.8, 4) is 6.07 Å². The molecule has 1 aliphatic rings. The Labute approximate surface area is 145 Å². The van der Waals surface area contributed by atoms with E-state index in [-0.39, 0.29) is 5.82 Å². The molecule has 24 heavy (non-hydrogen) atoms. The molecule has 0 saturated heterocycles. The molecule has 0 radical (unpaired) electrons. The lowest BCUT2D eigenvalue weighted by atomic mass is 9.95. The third-order valence-electron chi connectivity index (χ3n) is 4.78. The van der Waals surface area contributed by atoms with Crippen molar-refractivity contribution >= 4 is 22.5 Å². The Hall–Kier alpha value is -2.31. The summed E-state index contributed by atoms with van der Waals surface area (Å²) in [6.07, 6.45) is 4.31. The molecule has 4 rings (SSSR count). The third-order valence-corrected chi connectivity index (χ3v) is 5.07. The van der Waals surface area contributed by atoms with Crippen LogP contribution in [0.3, 0.4) is 0 Å². The SMILES string of the molecule is N#Cc1cc(Cl)c2c(c1)c1c(n2Cc2cccc(F)c2)CCCC1. The van der Waals surface area contributed by atoms with E-state index in [4.69, 9.17) is 11.6 Å². The standard InChI is InChI=1S/C20H16ClFN2/c21-18-10-14(11-23)9-17-16-6-1-2-7-19(16)24(20(17)18)12-13-4-3-5-15(22)8-13/h3-5,8-10H,1-2,6-7,12H2. The van der Waals surface area contributed by atoms with Crippen LogP contribution in [0.2, 0.25) is 5.02 Å². The molecule has 1 aliphatic carbocycles. The van der Waals surface area contributed by atoms with Crippen LogP contribution in [0, 0.1) is 17.1 Å². The van der Waals surface area contributed by atoms with Gasteiger partial charge in [0.15, 0.2) is 0 Å². The molecule has 0 unspecified atom stereocenters. The third kappa shape index (κ3) is 2.48. The number of rotatable bonds is 2. The van der Waals surface area contributed by atoms with E-state index in [1.165, 1.54) is 17.3 Å². The lowest BCUT2D eigenvalue weighted by molar-refractivity contribution is 0.618. The van der Waals surface area contributed by atoms with Crippen molar-refractivity contribution in [2.75, 3.05) is 0 Å². The second-order valence-corrected chi connectivity index (χ2v) is 6.72. The van der Waals surface area contributed by atoms with Crippen molar-refractivity contribution in [3.63, 3.8) is 0 Å². The molecular weight excluding hydrogens is 323 g/mol. The van der Waals surface area contributed by atoms with Gasteiger partial charge in [-0.15, -0.1) is 0 Å². The summed E-state index contributed by atoms with van der Waals surface area (Å²) >= 11 is 6.52. The Kier molecular flexibility index (Phi) is 3.78. The first-order valence-corrected chi connectivity index (χ1v) is 8.53. The van der Waals surface area contributed by atoms with Gasteiger partial charge in [-0.3, -0.25) is 0 Å². The summed E-state index contributed by atoms with van der Waals surface area (Å²) in [6.45, 7) is 0.592. The summed E-state index contributed by atoms with van der Waals surface area (Å²) in [6, 6.07) is 12.5. The van der Waals surface area contributed by atoms with Gasteiger partial charge in [-0.05, 0) is 61.1 Å². The molecule has 0 N–H and O–H groups in total. The molecule has 1 aromatic heterocycles. The number of hydrogen-bond acceptors (Lipinski definition) is 1. The highest BCUT2D eigenvalue weighted by Crippen LogP contribution is 2.37. The summed E-state index contributed by atoms with van der Waals surface area (Å²) in [4.78, 5) is 0. The van der Waals surface area contributed by atoms with Crippen LogP contribution in [0.4, 0.5) is 4.39 Å². The van der Waals surface area contributed by atoms with Crippen LogP contribution in [0.25, 0.3) is 10.9 Å². The summed E-state index contributed by atoms with van der Waals surface area (Å²) in [5.74, 6) is -0.226. The zero-order chi connectivity index (χ0) is 16.7. The topological polar surface area (TPSA) is 28.7 Å². The first-order chi connectivity index (χ1) is 11.7. The van der Waals surface area contributed by atoms with E-state index >= 15 is 0 Å². The first kappa shape index (κ1) is 15.2. The van der Waals surface area contributed by atoms with Crippen LogP contribution >= 0.6 is 11.6 Å². The maximum Gasteiger partial charge on any atom is 0.123 e. The van der Waals surface area contributed by atoms with Crippen LogP contribution in [0.15, 0.2) is 36.4 Å². The smallest absolute Gasteiger partial charge is 0.123 e. The Morgan fingerprint density at radius 1 is 1.17 bits per heavy atom. The van der Waals surface area contributed by atoms with E-state index in [1.54, 1.807) is 18.2 Å². The maximum absolute atomic E-state index is 13.6. The van der Waals surface area contributed by atoms with Crippen LogP contribution < -0.4 is 0 Å². The molecule has 3 aromatic rings. The number of aromatic nitrogens is 1. The number of benzene rings is 2. The molecule has 0 aliphatic heterocycles. The molecule has 0 amide bonds. The Balaban J connectivity index is 1.95. The zero-order valence-electron chi connectivity index (χ0n) is 13.1. The molecule has 0 atom stereocenters. The normalized spacial score (nSPS) is 13.7. The van der Waals surface area contributed by atoms with E-state index in [1.807, 2.05) is 12.1 Å². The maximum atomic E-state index is 13.6. The Morgan fingerprint density at radius 3 is 2.79 bits per heavy atom. The van der Waals surface area contributed by atoms with Gasteiger partial charge in [0, 0.05) is 17.6 Å². The second kappa shape index (κ2) is 5.96. The van der Waals surface area contributed by atoms with E-state index in [9.17, 15) is 9.65 Å². The van der Waals surface area contributed by atoms with Gasteiger partial charge in [0.2, 0.25) is 0 Å². The fraction of sp³-hybridized carbons (Fsp3) is 0.250. The molecule has 0 saturated carbocycles. The molecule has 1 heterocycles. The number of halogens is 2. The van der Waals surface area contributed by atoms with Crippen LogP contribution in [0.5, 0.6) is 0 Å². The molecule has 0 spiro atoms. The predicted molar refractivity (Wildman–Crippen MR) is 93.8 cm³/mol. The van der Waals surface area contributed by atoms with E-state index in [0.717, 1.165) is 42.1 Å². The predicted octanol–water partition coefficient (Wildman–Crippen LogP) is 5.23. The van der Waals surface area contributed by atoms with Crippen molar-refractivity contribution < 1.29 is 4.39 Å². The molecule has 120 valence electrons. The zero-order valence-corrected chi connectivity index (χ0v) is 13.9. The quantitative estimate of drug-likeness (QED) is 0.628. The van der Waals surface area contributed by atoms with Crippen LogP contribution in [-0.2, 0) is 19.4 Å². The molecular formula is C20H16ClFN2. The highest BCUT2D eigenvalue weighted by atomic mass is 35.5. The highest BCUT2D eigenvalue weighted by molar-refractivity contribution is 6.35. The van der Waals surface area contributed by atoms with Gasteiger partial charge < -0.3 is 4.57 Å². The number of fused-ring (bicyclic) bond motifs is 3. The number of hydrogen-bond donors (Lipinski definition) is 0. The van der Waals surface area contributed by atoms with Gasteiger partial charge in [0.25, 0.3) is 0 Å². The van der Waals surface area contributed by atoms with E-state index in [0.29, 0.717) is 17.1 Å². The van der Waals surface area contributed by atoms with Crippen molar-refractivity contribution in [2.24, 2.45) is 0 Å². The number of nitrogens with zero attached hydrogens (tertiary/aromatic N) is 2. The minimum Gasteiger partial charge on any atom is -0.339 e. The van der Waals surface area contributed by atoms with Gasteiger partial charge in [-0.25, -0.2) is 4.39 Å². The number of aryl methyl sites for hydroxylation is 1. The fourth-order valence-electron chi connectivity index (χ4n) is 3.77. The van der Waals surface area contributed by atoms with Crippen LogP contribution in [0.1, 0.15) is 35.2 Å². The second-order valence-electron chi connectivity index (χ2n) is 6.31. The Morgan fingerprint density at radius 2 is 2.00 bits per heavy atom. The average molecular weight is 339 g/mol. The Bertz CT molecular complexity index is 981. The van der Waals surface area contributed by atoms with Crippen molar-refractivity contribution in [1.29, 1.82) is 5.26 Å². The summed E-state index contributed by atoms with van der Waals surface area (Å²) in [7, 11) is 0. The molecule has 0 fully saturated rings. The minimum absolute atomic E-state index is 0.226. The van der Waals surface area contributed by atoms with Gasteiger partial charge in [0.05, 0.1) is 22.2 Å². The van der Waals surface area contributed by atoms with Gasteiger partial charge in [-0.1, -0.05) is 23.7 Å². The summed E-state index contributed by atoms with van der Waals surface area (Å²) in [5.41, 5.74) is 5.04. The average Bonchev–Trinajstić information content (AvgIpc) is 2.90. The lowest BCUT2D eigenvalue weighted by Gasteiger charge is -2.16. The van der Waals surface area contributed by atoms with Crippen molar-refractivity contribution in [3.05, 3.63) is 69.6 Å². The van der Waals surface area contributed by atoms with Gasteiger partial charge in [0.1, 0.15) is 5.82 Å². The molecule has 2 aromatic carbocycles. The van der Waals surface area contributed by atoms with Crippen molar-refractivity contribution in [2.45, 2.75) is 32.2 Å². The van der Waals surface area contributed by atoms with Crippen molar-refractivity contribution in [1.82, 2.24) is 4.57 Å². The van der Waals surface area contributed by atoms with Gasteiger partial charge >= 0.3 is 0 Å². The molecule has 0 bridgehead atoms. The van der Waals surface area contributed by atoms with E-state index < -0.39 is 0 Å². The first-order valence-electron chi connectivity index (χ1n) is 8.15. The summed E-state index contributed by atoms with van der Waals surface area (Å²) in [5, 5.41) is 10.9. The minimum atomic E-state index is -0.226. The highest BCUT2D eigenvalue weighted by Gasteiger charge is 2.22. The number of nitriles is 1. The molecule has 2 nitrogen and oxygen atoms in total. The largest absolute Gasteiger partial charge is 0.339 e. The lowest BCUT2D eigenvalue weighted by Crippen LogP contribution is -2.09. The van der Waals surface area contributed by atoms with E-state index in [2.05, 4.69) is 10.6 Å². The summed E-state index contributed by atoms with van der Waals surface area (Å²) < 4.78 is 15.8. The van der Waals surface area contributed by atoms with Crippen LogP contribution in [-0.4, -0.2) is 4.57 Å². The fourth-order valence-corrected chi connectivity index (χ4v) is 4.09. The monoisotopic (exact) mass is 338 g/mol.